The summed E-state index contributed by atoms with van der Waals surface area (Å²) >= 11 is 1.46. The van der Waals surface area contributed by atoms with Gasteiger partial charge >= 0.3 is 5.97 Å². The predicted molar refractivity (Wildman–Crippen MR) is 269 cm³/mol. The van der Waals surface area contributed by atoms with E-state index < -0.39 is 71.8 Å². The minimum absolute atomic E-state index is 0.0235. The van der Waals surface area contributed by atoms with Gasteiger partial charge in [-0.3, -0.25) is 24.0 Å². The summed E-state index contributed by atoms with van der Waals surface area (Å²) in [5.74, 6) is -4.26. The summed E-state index contributed by atoms with van der Waals surface area (Å²) in [4.78, 5) is 93.8. The van der Waals surface area contributed by atoms with E-state index in [9.17, 15) is 33.9 Å². The van der Waals surface area contributed by atoms with Gasteiger partial charge in [0.15, 0.2) is 0 Å². The van der Waals surface area contributed by atoms with Gasteiger partial charge in [-0.2, -0.15) is 11.8 Å². The van der Waals surface area contributed by atoms with Crippen LogP contribution in [0.4, 0.5) is 0 Å². The molecule has 7 aromatic rings. The van der Waals surface area contributed by atoms with Gasteiger partial charge in [-0.1, -0.05) is 98.8 Å². The Morgan fingerprint density at radius 1 is 0.507 bits per heavy atom. The zero-order valence-electron chi connectivity index (χ0n) is 38.7. The lowest BCUT2D eigenvalue weighted by atomic mass is 10.00. The first-order chi connectivity index (χ1) is 33.3. The lowest BCUT2D eigenvalue weighted by Gasteiger charge is -2.27. The maximum absolute atomic E-state index is 14.9. The molecular formula is C52H59N9O7S. The van der Waals surface area contributed by atoms with Gasteiger partial charge in [-0.05, 0) is 64.8 Å². The smallest absolute Gasteiger partial charge is 0.326 e. The molecule has 6 atom stereocenters. The average molecular weight is 954 g/mol. The summed E-state index contributed by atoms with van der Waals surface area (Å²) < 4.78 is 0. The number of carbonyl (C=O) groups excluding carboxylic acids is 5. The van der Waals surface area contributed by atoms with Crippen LogP contribution in [0.25, 0.3) is 32.7 Å². The number of hydrogen-bond donors (Lipinski definition) is 10. The van der Waals surface area contributed by atoms with Crippen molar-refractivity contribution in [3.05, 3.63) is 144 Å². The second kappa shape index (κ2) is 23.1. The fraction of sp³-hybridized carbons (Fsp3) is 0.308. The fourth-order valence-electron chi connectivity index (χ4n) is 8.40. The zero-order chi connectivity index (χ0) is 49.0. The number of aliphatic carboxylic acids is 1. The number of fused-ring (bicyclic) bond motifs is 3. The van der Waals surface area contributed by atoms with Crippen molar-refractivity contribution in [3.63, 3.8) is 0 Å². The Bertz CT molecular complexity index is 2910. The Labute approximate surface area is 403 Å². The minimum atomic E-state index is -1.36. The van der Waals surface area contributed by atoms with Crippen LogP contribution < -0.4 is 32.3 Å². The molecule has 17 heteroatoms. The van der Waals surface area contributed by atoms with E-state index in [-0.39, 0.29) is 38.0 Å². The highest BCUT2D eigenvalue weighted by atomic mass is 32.2. The van der Waals surface area contributed by atoms with Gasteiger partial charge in [0.05, 0.1) is 6.04 Å². The number of amides is 5. The normalized spacial score (nSPS) is 14.1. The molecular weight excluding hydrogens is 895 g/mol. The molecule has 0 unspecified atom stereocenters. The molecule has 0 aliphatic rings. The number of rotatable bonds is 23. The number of carboxylic acid groups (broad SMARTS) is 1. The van der Waals surface area contributed by atoms with E-state index in [4.69, 9.17) is 5.73 Å². The van der Waals surface area contributed by atoms with Crippen LogP contribution in [-0.2, 0) is 54.5 Å². The number of H-pyrrole nitrogens is 3. The van der Waals surface area contributed by atoms with Crippen molar-refractivity contribution < 1.29 is 33.9 Å². The highest BCUT2D eigenvalue weighted by Crippen LogP contribution is 2.23. The number of benzene rings is 4. The third-order valence-corrected chi connectivity index (χ3v) is 13.0. The lowest BCUT2D eigenvalue weighted by Crippen LogP contribution is -2.60. The Kier molecular flexibility index (Phi) is 16.6. The summed E-state index contributed by atoms with van der Waals surface area (Å²) in [6.45, 7) is 3.61. The number of carboxylic acids is 1. The molecule has 7 rings (SSSR count). The first kappa shape index (κ1) is 49.5. The molecule has 16 nitrogen and oxygen atoms in total. The Hall–Kier alpha value is -7.37. The Balaban J connectivity index is 1.18. The second-order valence-electron chi connectivity index (χ2n) is 17.6. The molecule has 0 aliphatic carbocycles. The van der Waals surface area contributed by atoms with Crippen molar-refractivity contribution in [1.82, 2.24) is 41.5 Å². The van der Waals surface area contributed by atoms with Gasteiger partial charge in [0.25, 0.3) is 0 Å². The largest absolute Gasteiger partial charge is 0.480 e. The van der Waals surface area contributed by atoms with Crippen LogP contribution >= 0.6 is 11.8 Å². The fourth-order valence-corrected chi connectivity index (χ4v) is 8.87. The molecule has 0 radical (unpaired) electrons. The van der Waals surface area contributed by atoms with Crippen molar-refractivity contribution in [2.24, 2.45) is 11.7 Å². The van der Waals surface area contributed by atoms with Crippen molar-refractivity contribution >= 4 is 80.0 Å². The number of nitrogens with two attached hydrogens (primary N) is 1. The summed E-state index contributed by atoms with van der Waals surface area (Å²) in [6.07, 6.45) is 7.28. The molecule has 5 amide bonds. The third-order valence-electron chi connectivity index (χ3n) is 12.4. The van der Waals surface area contributed by atoms with Crippen LogP contribution in [0.15, 0.2) is 122 Å². The Morgan fingerprint density at radius 3 is 1.30 bits per heavy atom. The molecule has 4 aromatic carbocycles. The van der Waals surface area contributed by atoms with Gasteiger partial charge in [-0.15, -0.1) is 0 Å². The first-order valence-corrected chi connectivity index (χ1v) is 24.4. The SMILES string of the molecule is CSCC[C@H](NC(=O)[C@H](Cc1ccccc1)NC(=O)[C@@H](N)C(C)C)C(=O)N[C@@H](Cc1c[nH]c2ccccc12)C(=O)N[C@@H](Cc1c[nH]c2ccccc12)C(=O)N[C@@H](Cc1c[nH]c2ccccc12)C(=O)O. The number of para-hydroxylation sites is 3. The summed E-state index contributed by atoms with van der Waals surface area (Å²) in [7, 11) is 0. The number of hydrogen-bond acceptors (Lipinski definition) is 8. The number of nitrogens with one attached hydrogen (secondary N) is 8. The van der Waals surface area contributed by atoms with Crippen LogP contribution in [0, 0.1) is 5.92 Å². The van der Waals surface area contributed by atoms with E-state index in [1.807, 2.05) is 109 Å². The molecule has 0 spiro atoms. The third kappa shape index (κ3) is 12.6. The van der Waals surface area contributed by atoms with Crippen LogP contribution in [0.2, 0.25) is 0 Å². The summed E-state index contributed by atoms with van der Waals surface area (Å²) in [5.41, 5.74) is 11.5. The molecule has 0 saturated carbocycles. The predicted octanol–water partition coefficient (Wildman–Crippen LogP) is 4.65. The highest BCUT2D eigenvalue weighted by Gasteiger charge is 2.34. The average Bonchev–Trinajstić information content (AvgIpc) is 4.08. The van der Waals surface area contributed by atoms with E-state index in [0.29, 0.717) is 22.4 Å². The molecule has 3 aromatic heterocycles. The van der Waals surface area contributed by atoms with Gasteiger partial charge in [0, 0.05) is 77.0 Å². The van der Waals surface area contributed by atoms with Crippen LogP contribution in [0.3, 0.4) is 0 Å². The maximum Gasteiger partial charge on any atom is 0.326 e. The van der Waals surface area contributed by atoms with Crippen molar-refractivity contribution in [2.45, 2.75) is 82.2 Å². The number of aromatic nitrogens is 3. The van der Waals surface area contributed by atoms with Crippen molar-refractivity contribution in [1.29, 1.82) is 0 Å². The standard InChI is InChI=1S/C52H59N9O7S/c1-30(2)46(53)51(66)60-42(23-31-13-5-4-6-14-31)48(63)57-41(21-22-69-3)47(62)58-43(24-32-27-54-38-18-10-7-15-35(32)38)49(64)59-44(25-33-28-55-39-19-11-8-16-36(33)39)50(65)61-45(52(67)68)26-34-29-56-40-20-12-9-17-37(34)40/h4-20,27-30,41-46,54-56H,21-26,53H2,1-3H3,(H,57,63)(H,58,62)(H,59,64)(H,60,66)(H,61,65)(H,67,68)/t41-,42-,43-,44-,45-,46-/m0/s1. The molecule has 11 N–H and O–H groups in total. The van der Waals surface area contributed by atoms with E-state index in [1.54, 1.807) is 32.4 Å². The highest BCUT2D eigenvalue weighted by molar-refractivity contribution is 7.98. The van der Waals surface area contributed by atoms with E-state index in [2.05, 4.69) is 41.5 Å². The van der Waals surface area contributed by atoms with E-state index in [1.165, 1.54) is 11.8 Å². The first-order valence-electron chi connectivity index (χ1n) is 23.0. The van der Waals surface area contributed by atoms with Gasteiger partial charge in [0.2, 0.25) is 29.5 Å². The summed E-state index contributed by atoms with van der Waals surface area (Å²) in [6, 6.07) is 24.5. The van der Waals surface area contributed by atoms with Gasteiger partial charge in [-0.25, -0.2) is 4.79 Å². The number of thioether (sulfide) groups is 1. The summed E-state index contributed by atoms with van der Waals surface area (Å²) in [5, 5.41) is 27.0. The van der Waals surface area contributed by atoms with E-state index >= 15 is 0 Å². The second-order valence-corrected chi connectivity index (χ2v) is 18.6. The monoisotopic (exact) mass is 953 g/mol. The van der Waals surface area contributed by atoms with Crippen molar-refractivity contribution in [2.75, 3.05) is 12.0 Å². The van der Waals surface area contributed by atoms with Gasteiger partial charge < -0.3 is 52.4 Å². The van der Waals surface area contributed by atoms with Crippen molar-refractivity contribution in [3.8, 4) is 0 Å². The molecule has 0 aliphatic heterocycles. The zero-order valence-corrected chi connectivity index (χ0v) is 39.5. The minimum Gasteiger partial charge on any atom is -0.480 e. The van der Waals surface area contributed by atoms with E-state index in [0.717, 1.165) is 38.3 Å². The van der Waals surface area contributed by atoms with Crippen LogP contribution in [0.1, 0.15) is 42.5 Å². The molecule has 3 heterocycles. The maximum atomic E-state index is 14.9. The quantitative estimate of drug-likeness (QED) is 0.0428. The Morgan fingerprint density at radius 2 is 0.870 bits per heavy atom. The molecule has 0 saturated heterocycles. The lowest BCUT2D eigenvalue weighted by molar-refractivity contribution is -0.142. The molecule has 69 heavy (non-hydrogen) atoms. The number of carbonyl (C=O) groups is 6. The molecule has 360 valence electrons. The van der Waals surface area contributed by atoms with Gasteiger partial charge in [0.1, 0.15) is 30.2 Å². The van der Waals surface area contributed by atoms with Crippen LogP contribution in [0.5, 0.6) is 0 Å². The topological polar surface area (TPSA) is 256 Å². The van der Waals surface area contributed by atoms with Crippen LogP contribution in [-0.4, -0.2) is 104 Å². The molecule has 0 bridgehead atoms. The number of aromatic amines is 3. The molecule has 0 fully saturated rings.